The maximum atomic E-state index is 12.0. The van der Waals surface area contributed by atoms with Crippen molar-refractivity contribution in [2.24, 2.45) is 5.73 Å². The zero-order valence-corrected chi connectivity index (χ0v) is 11.1. The van der Waals surface area contributed by atoms with Gasteiger partial charge in [0.1, 0.15) is 4.99 Å². The monoisotopic (exact) mass is 294 g/mol. The minimum atomic E-state index is -3.93. The molecular formula is C10H12F2N2O2S2. The van der Waals surface area contributed by atoms with Crippen molar-refractivity contribution in [2.75, 3.05) is 6.54 Å². The first kappa shape index (κ1) is 14.9. The third kappa shape index (κ3) is 3.69. The van der Waals surface area contributed by atoms with Gasteiger partial charge in [0.2, 0.25) is 10.0 Å². The molecule has 1 aromatic carbocycles. The quantitative estimate of drug-likeness (QED) is 0.800. The predicted octanol–water partition coefficient (Wildman–Crippen LogP) is 1.17. The van der Waals surface area contributed by atoms with Crippen LogP contribution in [-0.4, -0.2) is 26.4 Å². The van der Waals surface area contributed by atoms with Gasteiger partial charge in [0.25, 0.3) is 6.43 Å². The Hall–Kier alpha value is -1.12. The fraction of sp³-hybridized carbons (Fsp3) is 0.300. The second-order valence-electron chi connectivity index (χ2n) is 3.58. The van der Waals surface area contributed by atoms with Crippen molar-refractivity contribution in [3.63, 3.8) is 0 Å². The van der Waals surface area contributed by atoms with Gasteiger partial charge in [0, 0.05) is 5.56 Å². The largest absolute Gasteiger partial charge is 0.389 e. The molecule has 0 aromatic heterocycles. The summed E-state index contributed by atoms with van der Waals surface area (Å²) in [4.78, 5) is 0.0534. The van der Waals surface area contributed by atoms with E-state index in [2.05, 4.69) is 0 Å². The highest BCUT2D eigenvalue weighted by atomic mass is 32.2. The van der Waals surface area contributed by atoms with Crippen LogP contribution in [0.5, 0.6) is 0 Å². The van der Waals surface area contributed by atoms with E-state index >= 15 is 0 Å². The molecule has 0 saturated heterocycles. The van der Waals surface area contributed by atoms with E-state index in [-0.39, 0.29) is 9.88 Å². The maximum Gasteiger partial charge on any atom is 0.251 e. The van der Waals surface area contributed by atoms with Crippen LogP contribution in [0.2, 0.25) is 0 Å². The highest BCUT2D eigenvalue weighted by Crippen LogP contribution is 2.15. The van der Waals surface area contributed by atoms with Crippen LogP contribution in [0.15, 0.2) is 23.1 Å². The summed E-state index contributed by atoms with van der Waals surface area (Å²) in [6, 6.07) is 4.06. The molecule has 0 radical (unpaired) electrons. The fourth-order valence-corrected chi connectivity index (χ4v) is 2.66. The molecule has 0 unspecified atom stereocenters. The van der Waals surface area contributed by atoms with Gasteiger partial charge < -0.3 is 5.73 Å². The Morgan fingerprint density at radius 1 is 1.50 bits per heavy atom. The number of thiocarbonyl (C=S) groups is 1. The zero-order chi connectivity index (χ0) is 13.9. The van der Waals surface area contributed by atoms with Gasteiger partial charge in [-0.25, -0.2) is 21.9 Å². The Morgan fingerprint density at radius 2 is 2.11 bits per heavy atom. The fourth-order valence-electron chi connectivity index (χ4n) is 1.34. The number of hydrogen-bond acceptors (Lipinski definition) is 3. The van der Waals surface area contributed by atoms with Crippen molar-refractivity contribution in [3.8, 4) is 0 Å². The molecule has 0 spiro atoms. The van der Waals surface area contributed by atoms with Gasteiger partial charge in [0.05, 0.1) is 11.4 Å². The van der Waals surface area contributed by atoms with E-state index in [1.807, 2.05) is 4.72 Å². The van der Waals surface area contributed by atoms with Crippen molar-refractivity contribution in [1.82, 2.24) is 4.72 Å². The second-order valence-corrected chi connectivity index (χ2v) is 5.79. The van der Waals surface area contributed by atoms with E-state index in [1.165, 1.54) is 18.2 Å². The summed E-state index contributed by atoms with van der Waals surface area (Å²) in [6.07, 6.45) is -2.74. The molecule has 3 N–H and O–H groups in total. The lowest BCUT2D eigenvalue weighted by atomic mass is 10.1. The number of nitrogens with one attached hydrogen (secondary N) is 1. The van der Waals surface area contributed by atoms with Crippen molar-refractivity contribution >= 4 is 27.2 Å². The number of alkyl halides is 2. The molecule has 4 nitrogen and oxygen atoms in total. The first-order chi connectivity index (χ1) is 8.24. The third-order valence-corrected chi connectivity index (χ3v) is 3.84. The minimum Gasteiger partial charge on any atom is -0.389 e. The number of hydrogen-bond donors (Lipinski definition) is 2. The van der Waals surface area contributed by atoms with Crippen molar-refractivity contribution in [3.05, 3.63) is 29.3 Å². The molecule has 0 atom stereocenters. The number of rotatable bonds is 5. The third-order valence-electron chi connectivity index (χ3n) is 2.20. The molecule has 100 valence electrons. The van der Waals surface area contributed by atoms with Gasteiger partial charge in [-0.3, -0.25) is 0 Å². The lowest BCUT2D eigenvalue weighted by Gasteiger charge is -2.09. The summed E-state index contributed by atoms with van der Waals surface area (Å²) in [5.74, 6) is 0. The summed E-state index contributed by atoms with van der Waals surface area (Å²) in [6.45, 7) is 0.721. The molecule has 0 saturated carbocycles. The summed E-state index contributed by atoms with van der Waals surface area (Å²) >= 11 is 4.79. The zero-order valence-electron chi connectivity index (χ0n) is 9.48. The number of nitrogens with two attached hydrogens (primary N) is 1. The molecule has 0 aliphatic rings. The molecule has 0 aliphatic carbocycles. The molecule has 8 heteroatoms. The number of aryl methyl sites for hydroxylation is 1. The SMILES string of the molecule is Cc1cc(S(=O)(=O)NCC(F)F)ccc1C(N)=S. The van der Waals surface area contributed by atoms with Crippen LogP contribution in [0.4, 0.5) is 8.78 Å². The highest BCUT2D eigenvalue weighted by Gasteiger charge is 2.17. The van der Waals surface area contributed by atoms with Gasteiger partial charge in [-0.05, 0) is 24.6 Å². The normalized spacial score (nSPS) is 11.8. The number of halogens is 2. The van der Waals surface area contributed by atoms with Crippen LogP contribution in [-0.2, 0) is 10.0 Å². The molecule has 1 rings (SSSR count). The molecule has 0 bridgehead atoms. The Labute approximate surface area is 109 Å². The van der Waals surface area contributed by atoms with Crippen molar-refractivity contribution in [2.45, 2.75) is 18.2 Å². The molecule has 0 amide bonds. The van der Waals surface area contributed by atoms with Crippen molar-refractivity contribution in [1.29, 1.82) is 0 Å². The van der Waals surface area contributed by atoms with Gasteiger partial charge in [-0.2, -0.15) is 0 Å². The van der Waals surface area contributed by atoms with Crippen LogP contribution < -0.4 is 10.5 Å². The average Bonchev–Trinajstić information content (AvgIpc) is 2.26. The summed E-state index contributed by atoms with van der Waals surface area (Å²) in [7, 11) is -3.93. The highest BCUT2D eigenvalue weighted by molar-refractivity contribution is 7.89. The number of sulfonamides is 1. The Balaban J connectivity index is 3.04. The first-order valence-corrected chi connectivity index (χ1v) is 6.81. The molecule has 0 heterocycles. The summed E-state index contributed by atoms with van der Waals surface area (Å²) in [5, 5.41) is 0. The van der Waals surface area contributed by atoms with E-state index in [0.717, 1.165) is 0 Å². The Bertz CT molecular complexity index is 559. The van der Waals surface area contributed by atoms with Crippen LogP contribution in [0.3, 0.4) is 0 Å². The molecule has 1 aromatic rings. The van der Waals surface area contributed by atoms with Crippen LogP contribution in [0.1, 0.15) is 11.1 Å². The molecule has 0 aliphatic heterocycles. The topological polar surface area (TPSA) is 72.2 Å². The Morgan fingerprint density at radius 3 is 2.56 bits per heavy atom. The standard InChI is InChI=1S/C10H12F2N2O2S2/c1-6-4-7(2-3-8(6)10(13)17)18(15,16)14-5-9(11)12/h2-4,9,14H,5H2,1H3,(H2,13,17). The van der Waals surface area contributed by atoms with Gasteiger partial charge in [0.15, 0.2) is 0 Å². The van der Waals surface area contributed by atoms with Crippen LogP contribution >= 0.6 is 12.2 Å². The summed E-state index contributed by atoms with van der Waals surface area (Å²) in [5.41, 5.74) is 6.56. The maximum absolute atomic E-state index is 12.0. The van der Waals surface area contributed by atoms with Crippen molar-refractivity contribution < 1.29 is 17.2 Å². The van der Waals surface area contributed by atoms with Crippen LogP contribution in [0.25, 0.3) is 0 Å². The Kier molecular flexibility index (Phi) is 4.71. The van der Waals surface area contributed by atoms with E-state index < -0.39 is 23.0 Å². The van der Waals surface area contributed by atoms with Gasteiger partial charge >= 0.3 is 0 Å². The average molecular weight is 294 g/mol. The lowest BCUT2D eigenvalue weighted by molar-refractivity contribution is 0.153. The number of benzene rings is 1. The predicted molar refractivity (Wildman–Crippen MR) is 68.3 cm³/mol. The second kappa shape index (κ2) is 5.68. The van der Waals surface area contributed by atoms with E-state index in [9.17, 15) is 17.2 Å². The molecule has 18 heavy (non-hydrogen) atoms. The van der Waals surface area contributed by atoms with Gasteiger partial charge in [-0.15, -0.1) is 0 Å². The van der Waals surface area contributed by atoms with Gasteiger partial charge in [-0.1, -0.05) is 18.3 Å². The lowest BCUT2D eigenvalue weighted by Crippen LogP contribution is -2.28. The summed E-state index contributed by atoms with van der Waals surface area (Å²) < 4.78 is 49.1. The minimum absolute atomic E-state index is 0.0966. The van der Waals surface area contributed by atoms with Crippen LogP contribution in [0, 0.1) is 6.92 Å². The molecule has 0 fully saturated rings. The van der Waals surface area contributed by atoms with E-state index in [1.54, 1.807) is 6.92 Å². The van der Waals surface area contributed by atoms with E-state index in [0.29, 0.717) is 11.1 Å². The van der Waals surface area contributed by atoms with E-state index in [4.69, 9.17) is 18.0 Å². The molecular weight excluding hydrogens is 282 g/mol. The smallest absolute Gasteiger partial charge is 0.251 e. The first-order valence-electron chi connectivity index (χ1n) is 4.92.